The number of rotatable bonds is 6. The first-order chi connectivity index (χ1) is 9.43. The summed E-state index contributed by atoms with van der Waals surface area (Å²) in [6.07, 6.45) is -0.0356. The molecule has 7 heteroatoms. The van der Waals surface area contributed by atoms with E-state index in [0.717, 1.165) is 5.56 Å². The van der Waals surface area contributed by atoms with E-state index in [9.17, 15) is 9.59 Å². The van der Waals surface area contributed by atoms with Gasteiger partial charge in [0.05, 0.1) is 0 Å². The topological polar surface area (TPSA) is 89.9 Å². The largest absolute Gasteiger partial charge is 0.480 e. The fourth-order valence-corrected chi connectivity index (χ4v) is 1.84. The number of carboxylic acid groups (broad SMARTS) is 1. The van der Waals surface area contributed by atoms with Crippen LogP contribution in [-0.2, 0) is 11.3 Å². The monoisotopic (exact) mass is 300 g/mol. The van der Waals surface area contributed by atoms with Crippen molar-refractivity contribution in [1.29, 1.82) is 0 Å². The molecule has 0 aromatic heterocycles. The molecule has 0 heterocycles. The van der Waals surface area contributed by atoms with E-state index in [0.29, 0.717) is 11.6 Å². The van der Waals surface area contributed by atoms with Crippen molar-refractivity contribution in [1.82, 2.24) is 10.2 Å². The molecule has 0 fully saturated rings. The normalized spacial score (nSPS) is 11.8. The smallest absolute Gasteiger partial charge is 0.326 e. The number of benzene rings is 1. The van der Waals surface area contributed by atoms with E-state index in [1.807, 2.05) is 6.07 Å². The van der Waals surface area contributed by atoms with Crippen molar-refractivity contribution in [2.45, 2.75) is 19.0 Å². The number of aliphatic carboxylic acids is 1. The molecule has 110 valence electrons. The zero-order valence-electron chi connectivity index (χ0n) is 11.0. The summed E-state index contributed by atoms with van der Waals surface area (Å²) in [5, 5.41) is 20.6. The number of nitrogens with one attached hydrogen (secondary N) is 1. The molecule has 0 aliphatic heterocycles. The van der Waals surface area contributed by atoms with E-state index in [1.54, 1.807) is 25.2 Å². The summed E-state index contributed by atoms with van der Waals surface area (Å²) in [4.78, 5) is 24.1. The molecule has 1 aromatic rings. The van der Waals surface area contributed by atoms with Crippen LogP contribution in [0.5, 0.6) is 0 Å². The quantitative estimate of drug-likeness (QED) is 0.739. The van der Waals surface area contributed by atoms with Gasteiger partial charge in [-0.05, 0) is 17.7 Å². The maximum atomic E-state index is 11.9. The number of nitrogens with zero attached hydrogens (tertiary/aromatic N) is 1. The van der Waals surface area contributed by atoms with E-state index < -0.39 is 18.0 Å². The Morgan fingerprint density at radius 2 is 2.15 bits per heavy atom. The molecule has 0 bridgehead atoms. The van der Waals surface area contributed by atoms with Gasteiger partial charge in [-0.3, -0.25) is 0 Å². The van der Waals surface area contributed by atoms with Crippen molar-refractivity contribution < 1.29 is 19.8 Å². The SMILES string of the molecule is CN(Cc1cccc(Cl)c1)C(=O)NC(CCO)C(=O)O. The number of aliphatic hydroxyl groups is 1. The maximum absolute atomic E-state index is 11.9. The van der Waals surface area contributed by atoms with Gasteiger partial charge < -0.3 is 20.4 Å². The first-order valence-corrected chi connectivity index (χ1v) is 6.41. The van der Waals surface area contributed by atoms with E-state index in [1.165, 1.54) is 4.90 Å². The average molecular weight is 301 g/mol. The molecule has 1 unspecified atom stereocenters. The minimum absolute atomic E-state index is 0.0356. The lowest BCUT2D eigenvalue weighted by atomic mass is 10.2. The predicted octanol–water partition coefficient (Wildman–Crippen LogP) is 1.32. The summed E-state index contributed by atoms with van der Waals surface area (Å²) in [6.45, 7) is -0.00683. The summed E-state index contributed by atoms with van der Waals surface area (Å²) in [5.41, 5.74) is 0.837. The van der Waals surface area contributed by atoms with Crippen LogP contribution in [0.3, 0.4) is 0 Å². The zero-order valence-corrected chi connectivity index (χ0v) is 11.8. The van der Waals surface area contributed by atoms with Crippen LogP contribution >= 0.6 is 11.6 Å². The Bertz CT molecular complexity index is 481. The molecule has 0 saturated carbocycles. The number of hydrogen-bond donors (Lipinski definition) is 3. The summed E-state index contributed by atoms with van der Waals surface area (Å²) in [5.74, 6) is -1.18. The van der Waals surface area contributed by atoms with Crippen LogP contribution in [0.15, 0.2) is 24.3 Å². The van der Waals surface area contributed by atoms with Gasteiger partial charge in [0.15, 0.2) is 0 Å². The lowest BCUT2D eigenvalue weighted by Crippen LogP contribution is -2.46. The van der Waals surface area contributed by atoms with Crippen LogP contribution in [0.1, 0.15) is 12.0 Å². The molecule has 6 nitrogen and oxygen atoms in total. The highest BCUT2D eigenvalue weighted by atomic mass is 35.5. The molecule has 0 aliphatic rings. The van der Waals surface area contributed by atoms with Crippen molar-refractivity contribution in [2.24, 2.45) is 0 Å². The van der Waals surface area contributed by atoms with Crippen molar-refractivity contribution in [3.05, 3.63) is 34.9 Å². The van der Waals surface area contributed by atoms with Crippen molar-refractivity contribution in [2.75, 3.05) is 13.7 Å². The van der Waals surface area contributed by atoms with E-state index in [-0.39, 0.29) is 13.0 Å². The Labute approximate surface area is 122 Å². The van der Waals surface area contributed by atoms with Gasteiger partial charge in [0.1, 0.15) is 6.04 Å². The van der Waals surface area contributed by atoms with Gasteiger partial charge >= 0.3 is 12.0 Å². The molecule has 2 amide bonds. The van der Waals surface area contributed by atoms with Crippen LogP contribution in [0.2, 0.25) is 5.02 Å². The number of carbonyl (C=O) groups is 2. The second-order valence-electron chi connectivity index (χ2n) is 4.34. The molecule has 3 N–H and O–H groups in total. The molecular weight excluding hydrogens is 284 g/mol. The zero-order chi connectivity index (χ0) is 15.1. The maximum Gasteiger partial charge on any atom is 0.326 e. The molecule has 1 rings (SSSR count). The number of halogens is 1. The standard InChI is InChI=1S/C13H17ClN2O4/c1-16(8-9-3-2-4-10(14)7-9)13(20)15-11(5-6-17)12(18)19/h2-4,7,11,17H,5-6,8H2,1H3,(H,15,20)(H,18,19). The predicted molar refractivity (Wildman–Crippen MR) is 74.6 cm³/mol. The van der Waals surface area contributed by atoms with Crippen molar-refractivity contribution in [3.8, 4) is 0 Å². The van der Waals surface area contributed by atoms with E-state index in [4.69, 9.17) is 21.8 Å². The molecule has 20 heavy (non-hydrogen) atoms. The molecular formula is C13H17ClN2O4. The Balaban J connectivity index is 2.60. The summed E-state index contributed by atoms with van der Waals surface area (Å²) < 4.78 is 0. The first kappa shape index (κ1) is 16.3. The lowest BCUT2D eigenvalue weighted by molar-refractivity contribution is -0.139. The third-order valence-electron chi connectivity index (χ3n) is 2.67. The van der Waals surface area contributed by atoms with Gasteiger partial charge in [0.25, 0.3) is 0 Å². The van der Waals surface area contributed by atoms with Crippen LogP contribution in [-0.4, -0.2) is 46.8 Å². The van der Waals surface area contributed by atoms with Gasteiger partial charge in [-0.2, -0.15) is 0 Å². The molecule has 0 radical (unpaired) electrons. The molecule has 1 aromatic carbocycles. The van der Waals surface area contributed by atoms with Gasteiger partial charge in [0, 0.05) is 31.6 Å². The number of aliphatic hydroxyl groups excluding tert-OH is 1. The number of urea groups is 1. The minimum Gasteiger partial charge on any atom is -0.480 e. The van der Waals surface area contributed by atoms with Gasteiger partial charge in [-0.15, -0.1) is 0 Å². The van der Waals surface area contributed by atoms with Gasteiger partial charge in [-0.25, -0.2) is 9.59 Å². The van der Waals surface area contributed by atoms with Gasteiger partial charge in [-0.1, -0.05) is 23.7 Å². The Hall–Kier alpha value is -1.79. The van der Waals surface area contributed by atoms with E-state index >= 15 is 0 Å². The highest BCUT2D eigenvalue weighted by Gasteiger charge is 2.21. The summed E-state index contributed by atoms with van der Waals surface area (Å²) in [6, 6.07) is 5.42. The first-order valence-electron chi connectivity index (χ1n) is 6.03. The summed E-state index contributed by atoms with van der Waals surface area (Å²) >= 11 is 5.85. The van der Waals surface area contributed by atoms with Crippen molar-refractivity contribution in [3.63, 3.8) is 0 Å². The average Bonchev–Trinajstić information content (AvgIpc) is 2.37. The molecule has 0 aliphatic carbocycles. The van der Waals surface area contributed by atoms with Crippen molar-refractivity contribution >= 4 is 23.6 Å². The minimum atomic E-state index is -1.18. The third kappa shape index (κ3) is 5.07. The Morgan fingerprint density at radius 3 is 2.70 bits per heavy atom. The van der Waals surface area contributed by atoms with Crippen LogP contribution in [0.4, 0.5) is 4.79 Å². The van der Waals surface area contributed by atoms with Gasteiger partial charge in [0.2, 0.25) is 0 Å². The summed E-state index contributed by atoms with van der Waals surface area (Å²) in [7, 11) is 1.55. The second-order valence-corrected chi connectivity index (χ2v) is 4.78. The van der Waals surface area contributed by atoms with Crippen LogP contribution in [0, 0.1) is 0 Å². The van der Waals surface area contributed by atoms with E-state index in [2.05, 4.69) is 5.32 Å². The fourth-order valence-electron chi connectivity index (χ4n) is 1.63. The Kier molecular flexibility index (Phi) is 6.27. The lowest BCUT2D eigenvalue weighted by Gasteiger charge is -2.21. The molecule has 0 saturated heterocycles. The Morgan fingerprint density at radius 1 is 1.45 bits per heavy atom. The second kappa shape index (κ2) is 7.72. The number of hydrogen-bond acceptors (Lipinski definition) is 3. The third-order valence-corrected chi connectivity index (χ3v) is 2.90. The van der Waals surface area contributed by atoms with Crippen LogP contribution in [0.25, 0.3) is 0 Å². The number of carboxylic acids is 1. The fraction of sp³-hybridized carbons (Fsp3) is 0.385. The number of amides is 2. The highest BCUT2D eigenvalue weighted by Crippen LogP contribution is 2.12. The number of carbonyl (C=O) groups excluding carboxylic acids is 1. The molecule has 0 spiro atoms. The molecule has 1 atom stereocenters. The van der Waals surface area contributed by atoms with Crippen LogP contribution < -0.4 is 5.32 Å². The highest BCUT2D eigenvalue weighted by molar-refractivity contribution is 6.30.